The predicted octanol–water partition coefficient (Wildman–Crippen LogP) is 3.17. The molecule has 0 radical (unpaired) electrons. The van der Waals surface area contributed by atoms with Crippen molar-refractivity contribution >= 4 is 11.6 Å². The average molecular weight is 335 g/mol. The van der Waals surface area contributed by atoms with Crippen LogP contribution in [-0.4, -0.2) is 30.5 Å². The van der Waals surface area contributed by atoms with Crippen molar-refractivity contribution in [3.8, 4) is 11.8 Å². The fraction of sp³-hybridized carbons (Fsp3) is 0.300. The van der Waals surface area contributed by atoms with Gasteiger partial charge in [-0.15, -0.1) is 0 Å². The summed E-state index contributed by atoms with van der Waals surface area (Å²) in [6, 6.07) is 17.5. The number of para-hydroxylation sites is 1. The molecule has 0 unspecified atom stereocenters. The van der Waals surface area contributed by atoms with Gasteiger partial charge in [0.25, 0.3) is 0 Å². The van der Waals surface area contributed by atoms with E-state index < -0.39 is 0 Å². The number of hydrogen-bond acceptors (Lipinski definition) is 4. The molecule has 1 fully saturated rings. The zero-order chi connectivity index (χ0) is 17.6. The number of nitrogens with zero attached hydrogens (tertiary/aromatic N) is 2. The van der Waals surface area contributed by atoms with E-state index in [2.05, 4.69) is 16.3 Å². The first-order valence-electron chi connectivity index (χ1n) is 8.35. The van der Waals surface area contributed by atoms with Gasteiger partial charge in [0.15, 0.2) is 0 Å². The van der Waals surface area contributed by atoms with Crippen LogP contribution in [0.15, 0.2) is 48.5 Å². The van der Waals surface area contributed by atoms with Crippen molar-refractivity contribution in [2.24, 2.45) is 0 Å². The Morgan fingerprint density at radius 3 is 2.60 bits per heavy atom. The van der Waals surface area contributed by atoms with E-state index in [4.69, 9.17) is 10.00 Å². The second-order valence-corrected chi connectivity index (χ2v) is 6.19. The molecule has 3 rings (SSSR count). The molecule has 0 bridgehead atoms. The first kappa shape index (κ1) is 17.0. The lowest BCUT2D eigenvalue weighted by molar-refractivity contribution is -0.117. The summed E-state index contributed by atoms with van der Waals surface area (Å²) >= 11 is 0. The van der Waals surface area contributed by atoms with E-state index in [1.807, 2.05) is 30.3 Å². The number of nitriles is 1. The first-order chi connectivity index (χ1) is 12.2. The van der Waals surface area contributed by atoms with Crippen molar-refractivity contribution in [2.75, 3.05) is 19.0 Å². The van der Waals surface area contributed by atoms with E-state index >= 15 is 0 Å². The fourth-order valence-electron chi connectivity index (χ4n) is 2.78. The summed E-state index contributed by atoms with van der Waals surface area (Å²) in [5.41, 5.74) is 2.19. The number of nitrogens with one attached hydrogen (secondary N) is 1. The fourth-order valence-corrected chi connectivity index (χ4v) is 2.78. The van der Waals surface area contributed by atoms with Crippen LogP contribution in [-0.2, 0) is 11.3 Å². The van der Waals surface area contributed by atoms with E-state index in [1.54, 1.807) is 25.3 Å². The van der Waals surface area contributed by atoms with E-state index in [1.165, 1.54) is 0 Å². The minimum atomic E-state index is -0.0943. The Balaban J connectivity index is 1.63. The number of methoxy groups -OCH3 is 1. The van der Waals surface area contributed by atoms with Crippen LogP contribution in [0.1, 0.15) is 24.0 Å². The Kier molecular flexibility index (Phi) is 5.32. The highest BCUT2D eigenvalue weighted by atomic mass is 16.5. The van der Waals surface area contributed by atoms with Crippen LogP contribution in [0.4, 0.5) is 5.69 Å². The predicted molar refractivity (Wildman–Crippen MR) is 96.2 cm³/mol. The molecule has 2 aromatic rings. The summed E-state index contributed by atoms with van der Waals surface area (Å²) in [6.07, 6.45) is 2.25. The lowest BCUT2D eigenvalue weighted by atomic mass is 10.2. The molecule has 25 heavy (non-hydrogen) atoms. The normalized spacial score (nSPS) is 13.3. The molecule has 0 saturated heterocycles. The van der Waals surface area contributed by atoms with Crippen molar-refractivity contribution in [2.45, 2.75) is 25.4 Å². The van der Waals surface area contributed by atoms with Gasteiger partial charge in [-0.1, -0.05) is 24.3 Å². The maximum absolute atomic E-state index is 12.4. The number of anilines is 1. The minimum Gasteiger partial charge on any atom is -0.497 e. The third kappa shape index (κ3) is 4.59. The maximum Gasteiger partial charge on any atom is 0.238 e. The molecule has 0 heterocycles. The van der Waals surface area contributed by atoms with Crippen LogP contribution in [0.2, 0.25) is 0 Å². The minimum absolute atomic E-state index is 0.0943. The van der Waals surface area contributed by atoms with E-state index in [9.17, 15) is 4.79 Å². The van der Waals surface area contributed by atoms with Crippen molar-refractivity contribution in [1.29, 1.82) is 5.26 Å². The zero-order valence-electron chi connectivity index (χ0n) is 14.2. The Labute approximate surface area is 147 Å². The quantitative estimate of drug-likeness (QED) is 0.844. The zero-order valence-corrected chi connectivity index (χ0v) is 14.2. The second-order valence-electron chi connectivity index (χ2n) is 6.19. The number of carbonyl (C=O) groups excluding carboxylic acids is 1. The smallest absolute Gasteiger partial charge is 0.238 e. The first-order valence-corrected chi connectivity index (χ1v) is 8.35. The molecule has 1 aliphatic carbocycles. The van der Waals surface area contributed by atoms with Crippen LogP contribution < -0.4 is 10.1 Å². The summed E-state index contributed by atoms with van der Waals surface area (Å²) in [5.74, 6) is 0.732. The second kappa shape index (κ2) is 7.82. The Bertz CT molecular complexity index is 776. The highest BCUT2D eigenvalue weighted by Gasteiger charge is 2.30. The molecular weight excluding hydrogens is 314 g/mol. The Morgan fingerprint density at radius 2 is 1.96 bits per heavy atom. The molecule has 5 nitrogen and oxygen atoms in total. The maximum atomic E-state index is 12.4. The molecule has 1 N–H and O–H groups in total. The molecule has 0 aliphatic heterocycles. The number of amides is 1. The van der Waals surface area contributed by atoms with Crippen molar-refractivity contribution in [3.63, 3.8) is 0 Å². The van der Waals surface area contributed by atoms with Gasteiger partial charge in [0, 0.05) is 12.6 Å². The number of rotatable bonds is 7. The highest BCUT2D eigenvalue weighted by Crippen LogP contribution is 2.28. The van der Waals surface area contributed by atoms with Crippen molar-refractivity contribution < 1.29 is 9.53 Å². The largest absolute Gasteiger partial charge is 0.497 e. The summed E-state index contributed by atoms with van der Waals surface area (Å²) < 4.78 is 5.18. The molecule has 2 aromatic carbocycles. The molecule has 0 atom stereocenters. The number of hydrogen-bond donors (Lipinski definition) is 1. The van der Waals surface area contributed by atoms with E-state index in [0.717, 1.165) is 30.7 Å². The van der Waals surface area contributed by atoms with Crippen LogP contribution >= 0.6 is 0 Å². The topological polar surface area (TPSA) is 65.4 Å². The summed E-state index contributed by atoms with van der Waals surface area (Å²) in [6.45, 7) is 1.04. The lowest BCUT2D eigenvalue weighted by Gasteiger charge is -2.21. The van der Waals surface area contributed by atoms with E-state index in [0.29, 0.717) is 23.8 Å². The van der Waals surface area contributed by atoms with Crippen molar-refractivity contribution in [1.82, 2.24) is 4.90 Å². The van der Waals surface area contributed by atoms with E-state index in [-0.39, 0.29) is 5.91 Å². The van der Waals surface area contributed by atoms with Gasteiger partial charge in [-0.3, -0.25) is 9.69 Å². The molecule has 0 spiro atoms. The van der Waals surface area contributed by atoms with Gasteiger partial charge in [0.1, 0.15) is 11.8 Å². The molecule has 5 heteroatoms. The average Bonchev–Trinajstić information content (AvgIpc) is 3.47. The van der Waals surface area contributed by atoms with Gasteiger partial charge in [-0.25, -0.2) is 0 Å². The summed E-state index contributed by atoms with van der Waals surface area (Å²) in [5, 5.41) is 12.0. The van der Waals surface area contributed by atoms with Gasteiger partial charge in [0.05, 0.1) is 24.9 Å². The molecule has 0 aromatic heterocycles. The molecule has 1 aliphatic rings. The van der Waals surface area contributed by atoms with Gasteiger partial charge < -0.3 is 10.1 Å². The Morgan fingerprint density at radius 1 is 1.24 bits per heavy atom. The van der Waals surface area contributed by atoms with Gasteiger partial charge >= 0.3 is 0 Å². The molecular formula is C20H21N3O2. The van der Waals surface area contributed by atoms with Gasteiger partial charge in [-0.2, -0.15) is 5.26 Å². The van der Waals surface area contributed by atoms with Crippen LogP contribution in [0.3, 0.4) is 0 Å². The van der Waals surface area contributed by atoms with Gasteiger partial charge in [-0.05, 0) is 42.7 Å². The summed E-state index contributed by atoms with van der Waals surface area (Å²) in [7, 11) is 1.65. The number of benzene rings is 2. The lowest BCUT2D eigenvalue weighted by Crippen LogP contribution is -2.34. The SMILES string of the molecule is COc1ccc(CN(CC(=O)Nc2ccccc2C#N)C2CC2)cc1. The molecule has 128 valence electrons. The standard InChI is InChI=1S/C20H21N3O2/c1-25-18-10-6-15(7-11-18)13-23(17-8-9-17)14-20(24)22-19-5-3-2-4-16(19)12-21/h2-7,10-11,17H,8-9,13-14H2,1H3,(H,22,24). The number of ether oxygens (including phenoxy) is 1. The molecule has 1 saturated carbocycles. The summed E-state index contributed by atoms with van der Waals surface area (Å²) in [4.78, 5) is 14.6. The van der Waals surface area contributed by atoms with Crippen LogP contribution in [0, 0.1) is 11.3 Å². The monoisotopic (exact) mass is 335 g/mol. The van der Waals surface area contributed by atoms with Gasteiger partial charge in [0.2, 0.25) is 5.91 Å². The third-order valence-corrected chi connectivity index (χ3v) is 4.28. The Hall–Kier alpha value is -2.84. The number of carbonyl (C=O) groups is 1. The highest BCUT2D eigenvalue weighted by molar-refractivity contribution is 5.93. The third-order valence-electron chi connectivity index (χ3n) is 4.28. The van der Waals surface area contributed by atoms with Crippen LogP contribution in [0.25, 0.3) is 0 Å². The molecule has 1 amide bonds. The van der Waals surface area contributed by atoms with Crippen molar-refractivity contribution in [3.05, 3.63) is 59.7 Å². The van der Waals surface area contributed by atoms with Crippen LogP contribution in [0.5, 0.6) is 5.75 Å².